The van der Waals surface area contributed by atoms with Crippen molar-refractivity contribution in [3.05, 3.63) is 155 Å². The predicted octanol–water partition coefficient (Wildman–Crippen LogP) is 5.77. The van der Waals surface area contributed by atoms with E-state index in [0.717, 1.165) is 16.7 Å². The van der Waals surface area contributed by atoms with Crippen molar-refractivity contribution in [2.45, 2.75) is 37.7 Å². The summed E-state index contributed by atoms with van der Waals surface area (Å²) in [4.78, 5) is 26.4. The van der Waals surface area contributed by atoms with E-state index in [9.17, 15) is 18.0 Å². The van der Waals surface area contributed by atoms with E-state index in [4.69, 9.17) is 4.74 Å². The highest BCUT2D eigenvalue weighted by molar-refractivity contribution is 7.90. The SMILES string of the molecule is O=C(N[C@@H](Cc1ccccc1)C(=O)N/C(=C/CS(=O)(=O)Cc1ccccc1)CCc1ccccc1)OCc1ccccc1. The van der Waals surface area contributed by atoms with Gasteiger partial charge in [0.2, 0.25) is 5.91 Å². The molecule has 0 heterocycles. The fraction of sp³-hybridized carbons (Fsp3) is 0.200. The molecule has 0 radical (unpaired) electrons. The standard InChI is InChI=1S/C35H36N2O5S/c38-34(33(25-29-15-7-2-8-16-29)37-35(39)42-26-30-17-9-3-10-18-30)36-32(22-21-28-13-5-1-6-14-28)23-24-43(40,41)27-31-19-11-4-12-20-31/h1-20,23,33H,21-22,24-27H2,(H,36,38)(H,37,39)/b32-23+/t33-/m0/s1. The lowest BCUT2D eigenvalue weighted by Crippen LogP contribution is -2.48. The van der Waals surface area contributed by atoms with Gasteiger partial charge in [0.25, 0.3) is 0 Å². The molecule has 8 heteroatoms. The molecule has 0 unspecified atom stereocenters. The lowest BCUT2D eigenvalue weighted by Gasteiger charge is -2.20. The zero-order chi connectivity index (χ0) is 30.3. The summed E-state index contributed by atoms with van der Waals surface area (Å²) in [6, 6.07) is 36.4. The van der Waals surface area contributed by atoms with Crippen LogP contribution in [0.2, 0.25) is 0 Å². The first kappa shape index (κ1) is 31.3. The van der Waals surface area contributed by atoms with Crippen LogP contribution < -0.4 is 10.6 Å². The second kappa shape index (κ2) is 16.1. The predicted molar refractivity (Wildman–Crippen MR) is 169 cm³/mol. The molecule has 2 N–H and O–H groups in total. The van der Waals surface area contributed by atoms with Gasteiger partial charge in [-0.2, -0.15) is 0 Å². The summed E-state index contributed by atoms with van der Waals surface area (Å²) in [5, 5.41) is 5.61. The molecule has 2 amide bonds. The Morgan fingerprint density at radius 3 is 1.79 bits per heavy atom. The molecule has 222 valence electrons. The Bertz CT molecular complexity index is 1580. The highest BCUT2D eigenvalue weighted by atomic mass is 32.2. The van der Waals surface area contributed by atoms with Crippen LogP contribution >= 0.6 is 0 Å². The maximum absolute atomic E-state index is 13.6. The number of allylic oxidation sites excluding steroid dienone is 1. The van der Waals surface area contributed by atoms with Crippen molar-refractivity contribution in [2.24, 2.45) is 0 Å². The van der Waals surface area contributed by atoms with Crippen molar-refractivity contribution >= 4 is 21.8 Å². The molecule has 0 saturated heterocycles. The third kappa shape index (κ3) is 11.2. The van der Waals surface area contributed by atoms with Crippen LogP contribution in [0.25, 0.3) is 0 Å². The van der Waals surface area contributed by atoms with Crippen molar-refractivity contribution in [1.82, 2.24) is 10.6 Å². The van der Waals surface area contributed by atoms with Crippen LogP contribution in [0.3, 0.4) is 0 Å². The van der Waals surface area contributed by atoms with E-state index in [1.807, 2.05) is 97.1 Å². The number of sulfone groups is 1. The zero-order valence-electron chi connectivity index (χ0n) is 23.9. The van der Waals surface area contributed by atoms with E-state index in [-0.39, 0.29) is 24.5 Å². The molecule has 0 bridgehead atoms. The Morgan fingerprint density at radius 1 is 0.698 bits per heavy atom. The molecular formula is C35H36N2O5S. The lowest BCUT2D eigenvalue weighted by molar-refractivity contribution is -0.122. The molecule has 43 heavy (non-hydrogen) atoms. The largest absolute Gasteiger partial charge is 0.445 e. The highest BCUT2D eigenvalue weighted by Gasteiger charge is 2.23. The van der Waals surface area contributed by atoms with Gasteiger partial charge in [-0.1, -0.05) is 127 Å². The van der Waals surface area contributed by atoms with Gasteiger partial charge in [0, 0.05) is 12.1 Å². The van der Waals surface area contributed by atoms with Gasteiger partial charge in [-0.05, 0) is 35.1 Å². The summed E-state index contributed by atoms with van der Waals surface area (Å²) in [6.45, 7) is 0.0633. The van der Waals surface area contributed by atoms with Gasteiger partial charge in [-0.3, -0.25) is 4.79 Å². The van der Waals surface area contributed by atoms with Gasteiger partial charge in [0.15, 0.2) is 9.84 Å². The molecular weight excluding hydrogens is 560 g/mol. The maximum atomic E-state index is 13.6. The van der Waals surface area contributed by atoms with E-state index >= 15 is 0 Å². The van der Waals surface area contributed by atoms with Gasteiger partial charge in [-0.25, -0.2) is 13.2 Å². The molecule has 0 saturated carbocycles. The summed E-state index contributed by atoms with van der Waals surface area (Å²) in [7, 11) is -3.49. The number of rotatable bonds is 14. The second-order valence-electron chi connectivity index (χ2n) is 10.2. The fourth-order valence-electron chi connectivity index (χ4n) is 4.47. The smallest absolute Gasteiger partial charge is 0.408 e. The number of alkyl carbamates (subject to hydrolysis) is 1. The number of benzene rings is 4. The van der Waals surface area contributed by atoms with Gasteiger partial charge in [0.05, 0.1) is 11.5 Å². The van der Waals surface area contributed by atoms with Gasteiger partial charge < -0.3 is 15.4 Å². The molecule has 0 fully saturated rings. The van der Waals surface area contributed by atoms with Gasteiger partial charge >= 0.3 is 6.09 Å². The van der Waals surface area contributed by atoms with E-state index in [1.165, 1.54) is 0 Å². The van der Waals surface area contributed by atoms with Crippen LogP contribution in [0.4, 0.5) is 4.79 Å². The van der Waals surface area contributed by atoms with Gasteiger partial charge in [-0.15, -0.1) is 0 Å². The first-order valence-corrected chi connectivity index (χ1v) is 16.0. The van der Waals surface area contributed by atoms with Crippen LogP contribution in [0.1, 0.15) is 28.7 Å². The highest BCUT2D eigenvalue weighted by Crippen LogP contribution is 2.12. The number of hydrogen-bond acceptors (Lipinski definition) is 5. The zero-order valence-corrected chi connectivity index (χ0v) is 24.7. The average molecular weight is 597 g/mol. The second-order valence-corrected chi connectivity index (χ2v) is 12.3. The number of ether oxygens (including phenoxy) is 1. The van der Waals surface area contributed by atoms with Crippen molar-refractivity contribution in [1.29, 1.82) is 0 Å². The summed E-state index contributed by atoms with van der Waals surface area (Å²) in [5.41, 5.74) is 3.91. The molecule has 0 aromatic heterocycles. The number of aryl methyl sites for hydroxylation is 1. The van der Waals surface area contributed by atoms with Crippen molar-refractivity contribution < 1.29 is 22.7 Å². The van der Waals surface area contributed by atoms with E-state index in [2.05, 4.69) is 10.6 Å². The molecule has 0 aliphatic heterocycles. The molecule has 0 aliphatic carbocycles. The summed E-state index contributed by atoms with van der Waals surface area (Å²) in [6.07, 6.45) is 2.08. The van der Waals surface area contributed by atoms with Crippen molar-refractivity contribution in [3.63, 3.8) is 0 Å². The van der Waals surface area contributed by atoms with Gasteiger partial charge in [0.1, 0.15) is 12.6 Å². The van der Waals surface area contributed by atoms with E-state index in [1.54, 1.807) is 30.3 Å². The first-order chi connectivity index (χ1) is 20.9. The van der Waals surface area contributed by atoms with Crippen LogP contribution in [-0.2, 0) is 44.6 Å². The topological polar surface area (TPSA) is 102 Å². The Kier molecular flexibility index (Phi) is 11.7. The Hall–Kier alpha value is -4.69. The Labute approximate surface area is 253 Å². The summed E-state index contributed by atoms with van der Waals surface area (Å²) in [5.74, 6) is -0.793. The molecule has 4 aromatic rings. The normalized spacial score (nSPS) is 12.2. The lowest BCUT2D eigenvalue weighted by atomic mass is 10.0. The molecule has 0 aliphatic rings. The monoisotopic (exact) mass is 596 g/mol. The van der Waals surface area contributed by atoms with E-state index in [0.29, 0.717) is 24.1 Å². The number of hydrogen-bond donors (Lipinski definition) is 2. The number of amides is 2. The van der Waals surface area contributed by atoms with Crippen LogP contribution in [-0.4, -0.2) is 32.2 Å². The minimum absolute atomic E-state index is 0.0633. The minimum atomic E-state index is -3.49. The third-order valence-electron chi connectivity index (χ3n) is 6.73. The number of carbonyl (C=O) groups is 2. The summed E-state index contributed by atoms with van der Waals surface area (Å²) >= 11 is 0. The van der Waals surface area contributed by atoms with Crippen molar-refractivity contribution in [3.8, 4) is 0 Å². The maximum Gasteiger partial charge on any atom is 0.408 e. The Balaban J connectivity index is 1.49. The third-order valence-corrected chi connectivity index (χ3v) is 8.17. The first-order valence-electron chi connectivity index (χ1n) is 14.2. The van der Waals surface area contributed by atoms with Crippen molar-refractivity contribution in [2.75, 3.05) is 5.75 Å². The Morgan fingerprint density at radius 2 is 1.21 bits per heavy atom. The van der Waals surface area contributed by atoms with Crippen LogP contribution in [0.15, 0.2) is 133 Å². The molecule has 1 atom stereocenters. The van der Waals surface area contributed by atoms with Crippen LogP contribution in [0.5, 0.6) is 0 Å². The number of nitrogens with one attached hydrogen (secondary N) is 2. The van der Waals surface area contributed by atoms with E-state index < -0.39 is 27.9 Å². The quantitative estimate of drug-likeness (QED) is 0.192. The molecule has 0 spiro atoms. The number of carbonyl (C=O) groups excluding carboxylic acids is 2. The minimum Gasteiger partial charge on any atom is -0.445 e. The summed E-state index contributed by atoms with van der Waals surface area (Å²) < 4.78 is 31.3. The molecule has 4 aromatic carbocycles. The molecule has 4 rings (SSSR count). The average Bonchev–Trinajstić information content (AvgIpc) is 3.03. The fourth-order valence-corrected chi connectivity index (χ4v) is 5.74. The van der Waals surface area contributed by atoms with Crippen LogP contribution in [0, 0.1) is 0 Å². The molecule has 7 nitrogen and oxygen atoms in total.